The van der Waals surface area contributed by atoms with Crippen LogP contribution in [0.5, 0.6) is 5.75 Å². The van der Waals surface area contributed by atoms with E-state index in [1.54, 1.807) is 0 Å². The van der Waals surface area contributed by atoms with E-state index in [1.165, 1.54) is 21.5 Å². The second kappa shape index (κ2) is 7.18. The van der Waals surface area contributed by atoms with Crippen LogP contribution in [0.3, 0.4) is 0 Å². The normalized spacial score (nSPS) is 15.5. The first-order chi connectivity index (χ1) is 12.6. The Labute approximate surface area is 159 Å². The molecule has 134 valence electrons. The van der Waals surface area contributed by atoms with Gasteiger partial charge in [0.05, 0.1) is 31.7 Å². The molecule has 4 heteroatoms. The zero-order valence-corrected chi connectivity index (χ0v) is 15.8. The van der Waals surface area contributed by atoms with Crippen LogP contribution in [-0.4, -0.2) is 31.3 Å². The third-order valence-electron chi connectivity index (χ3n) is 5.43. The molecule has 0 aliphatic carbocycles. The number of rotatable bonds is 3. The van der Waals surface area contributed by atoms with Gasteiger partial charge in [-0.15, -0.1) is 0 Å². The molecule has 3 aromatic carbocycles. The number of quaternary nitrogens is 1. The molecular formula is C22H24ClN2O+. The van der Waals surface area contributed by atoms with E-state index >= 15 is 0 Å². The Morgan fingerprint density at radius 3 is 2.62 bits per heavy atom. The van der Waals surface area contributed by atoms with Crippen molar-refractivity contribution < 1.29 is 10.0 Å². The number of phenols is 1. The number of hydrogen-bond acceptors (Lipinski definition) is 2. The zero-order valence-electron chi connectivity index (χ0n) is 15.0. The van der Waals surface area contributed by atoms with Crippen LogP contribution in [0.15, 0.2) is 54.6 Å². The van der Waals surface area contributed by atoms with Gasteiger partial charge in [0, 0.05) is 10.7 Å². The maximum absolute atomic E-state index is 10.4. The van der Waals surface area contributed by atoms with Gasteiger partial charge in [-0.3, -0.25) is 0 Å². The highest BCUT2D eigenvalue weighted by Crippen LogP contribution is 2.27. The Balaban J connectivity index is 1.50. The van der Waals surface area contributed by atoms with Crippen molar-refractivity contribution in [2.24, 2.45) is 0 Å². The van der Waals surface area contributed by atoms with Crippen LogP contribution in [0.25, 0.3) is 10.8 Å². The van der Waals surface area contributed by atoms with Gasteiger partial charge in [0.15, 0.2) is 0 Å². The number of fused-ring (bicyclic) bond motifs is 1. The zero-order chi connectivity index (χ0) is 18.1. The van der Waals surface area contributed by atoms with Crippen LogP contribution in [0.2, 0.25) is 5.02 Å². The van der Waals surface area contributed by atoms with E-state index < -0.39 is 0 Å². The van der Waals surface area contributed by atoms with E-state index in [-0.39, 0.29) is 0 Å². The quantitative estimate of drug-likeness (QED) is 0.742. The summed E-state index contributed by atoms with van der Waals surface area (Å²) in [6.45, 7) is 7.10. The maximum atomic E-state index is 10.4. The standard InChI is InChI=1S/C22H23ClN2O/c1-16-6-8-18(23)14-21(16)25-12-10-24(11-13-25)15-20-19-5-3-2-4-17(19)7-9-22(20)26/h2-9,14,26H,10-13,15H2,1H3/p+1. The number of phenolic OH excluding ortho intramolecular Hbond substituents is 1. The van der Waals surface area contributed by atoms with Crippen molar-refractivity contribution in [2.75, 3.05) is 31.1 Å². The molecule has 2 N–H and O–H groups in total. The Bertz CT molecular complexity index is 933. The lowest BCUT2D eigenvalue weighted by Crippen LogP contribution is -3.13. The number of aromatic hydroxyl groups is 1. The molecule has 3 nitrogen and oxygen atoms in total. The lowest BCUT2D eigenvalue weighted by atomic mass is 10.0. The van der Waals surface area contributed by atoms with E-state index in [1.807, 2.05) is 30.3 Å². The van der Waals surface area contributed by atoms with Gasteiger partial charge >= 0.3 is 0 Å². The van der Waals surface area contributed by atoms with Crippen molar-refractivity contribution in [1.82, 2.24) is 0 Å². The van der Waals surface area contributed by atoms with Gasteiger partial charge in [0.2, 0.25) is 0 Å². The average Bonchev–Trinajstić information content (AvgIpc) is 2.67. The van der Waals surface area contributed by atoms with Gasteiger partial charge in [-0.25, -0.2) is 0 Å². The van der Waals surface area contributed by atoms with E-state index in [9.17, 15) is 5.11 Å². The minimum atomic E-state index is 0.407. The highest BCUT2D eigenvalue weighted by molar-refractivity contribution is 6.30. The summed E-state index contributed by atoms with van der Waals surface area (Å²) in [6.07, 6.45) is 0. The number of piperazine rings is 1. The number of halogens is 1. The van der Waals surface area contributed by atoms with Crippen LogP contribution >= 0.6 is 11.6 Å². The van der Waals surface area contributed by atoms with E-state index in [4.69, 9.17) is 11.6 Å². The van der Waals surface area contributed by atoms with Gasteiger partial charge in [-0.05, 0) is 41.5 Å². The molecule has 1 heterocycles. The topological polar surface area (TPSA) is 27.9 Å². The Morgan fingerprint density at radius 1 is 1.04 bits per heavy atom. The molecule has 0 spiro atoms. The average molecular weight is 368 g/mol. The van der Waals surface area contributed by atoms with Crippen molar-refractivity contribution in [3.05, 3.63) is 70.7 Å². The van der Waals surface area contributed by atoms with Crippen molar-refractivity contribution in [1.29, 1.82) is 0 Å². The summed E-state index contributed by atoms with van der Waals surface area (Å²) in [7, 11) is 0. The fourth-order valence-electron chi connectivity index (χ4n) is 3.92. The maximum Gasteiger partial charge on any atom is 0.125 e. The first-order valence-electron chi connectivity index (χ1n) is 9.16. The minimum absolute atomic E-state index is 0.407. The number of nitrogens with zero attached hydrogens (tertiary/aromatic N) is 1. The van der Waals surface area contributed by atoms with E-state index in [0.29, 0.717) is 5.75 Å². The molecule has 26 heavy (non-hydrogen) atoms. The van der Waals surface area contributed by atoms with Crippen LogP contribution in [0, 0.1) is 6.92 Å². The molecule has 1 aliphatic heterocycles. The molecule has 1 aliphatic rings. The molecule has 3 aromatic rings. The van der Waals surface area contributed by atoms with E-state index in [2.05, 4.69) is 36.1 Å². The van der Waals surface area contributed by atoms with Gasteiger partial charge in [0.25, 0.3) is 0 Å². The number of hydrogen-bond donors (Lipinski definition) is 2. The Hall–Kier alpha value is -2.23. The minimum Gasteiger partial charge on any atom is -0.507 e. The molecule has 4 rings (SSSR count). The second-order valence-corrected chi connectivity index (χ2v) is 7.57. The fourth-order valence-corrected chi connectivity index (χ4v) is 4.09. The number of nitrogens with one attached hydrogen (secondary N) is 1. The summed E-state index contributed by atoms with van der Waals surface area (Å²) >= 11 is 6.19. The summed E-state index contributed by atoms with van der Waals surface area (Å²) < 4.78 is 0. The van der Waals surface area contributed by atoms with Crippen LogP contribution in [-0.2, 0) is 6.54 Å². The molecule has 0 aromatic heterocycles. The fraction of sp³-hybridized carbons (Fsp3) is 0.273. The molecule has 1 fully saturated rings. The lowest BCUT2D eigenvalue weighted by molar-refractivity contribution is -0.914. The van der Waals surface area contributed by atoms with Gasteiger partial charge in [-0.2, -0.15) is 0 Å². The third-order valence-corrected chi connectivity index (χ3v) is 5.66. The van der Waals surface area contributed by atoms with Crippen molar-refractivity contribution in [3.8, 4) is 5.75 Å². The summed E-state index contributed by atoms with van der Waals surface area (Å²) in [4.78, 5) is 3.93. The molecule has 1 saturated heterocycles. The smallest absolute Gasteiger partial charge is 0.125 e. The lowest BCUT2D eigenvalue weighted by Gasteiger charge is -2.34. The molecular weight excluding hydrogens is 344 g/mol. The predicted molar refractivity (Wildman–Crippen MR) is 108 cm³/mol. The molecule has 0 unspecified atom stereocenters. The third kappa shape index (κ3) is 3.37. The van der Waals surface area contributed by atoms with Crippen molar-refractivity contribution in [2.45, 2.75) is 13.5 Å². The molecule has 0 saturated carbocycles. The van der Waals surface area contributed by atoms with Gasteiger partial charge in [0.1, 0.15) is 12.3 Å². The van der Waals surface area contributed by atoms with Crippen molar-refractivity contribution >= 4 is 28.1 Å². The van der Waals surface area contributed by atoms with Crippen LogP contribution < -0.4 is 9.80 Å². The molecule has 0 radical (unpaired) electrons. The molecule has 0 atom stereocenters. The monoisotopic (exact) mass is 367 g/mol. The predicted octanol–water partition coefficient (Wildman–Crippen LogP) is 3.41. The first-order valence-corrected chi connectivity index (χ1v) is 9.54. The number of anilines is 1. The molecule has 0 bridgehead atoms. The Kier molecular flexibility index (Phi) is 4.75. The Morgan fingerprint density at radius 2 is 1.81 bits per heavy atom. The summed E-state index contributed by atoms with van der Waals surface area (Å²) in [5.74, 6) is 0.407. The molecule has 0 amide bonds. The summed E-state index contributed by atoms with van der Waals surface area (Å²) in [6, 6.07) is 18.2. The largest absolute Gasteiger partial charge is 0.507 e. The SMILES string of the molecule is Cc1ccc(Cl)cc1N1CC[NH+](Cc2c(O)ccc3ccccc23)CC1. The highest BCUT2D eigenvalue weighted by atomic mass is 35.5. The number of benzene rings is 3. The summed E-state index contributed by atoms with van der Waals surface area (Å²) in [5, 5.41) is 13.5. The van der Waals surface area contributed by atoms with Gasteiger partial charge in [-0.1, -0.05) is 48.0 Å². The van der Waals surface area contributed by atoms with Crippen LogP contribution in [0.4, 0.5) is 5.69 Å². The number of aryl methyl sites for hydroxylation is 1. The first kappa shape index (κ1) is 17.2. The highest BCUT2D eigenvalue weighted by Gasteiger charge is 2.23. The van der Waals surface area contributed by atoms with Gasteiger partial charge < -0.3 is 14.9 Å². The van der Waals surface area contributed by atoms with E-state index in [0.717, 1.165) is 48.7 Å². The summed E-state index contributed by atoms with van der Waals surface area (Å²) in [5.41, 5.74) is 3.57. The second-order valence-electron chi connectivity index (χ2n) is 7.13. The van der Waals surface area contributed by atoms with Crippen LogP contribution in [0.1, 0.15) is 11.1 Å². The van der Waals surface area contributed by atoms with Crippen molar-refractivity contribution in [3.63, 3.8) is 0 Å².